The van der Waals surface area contributed by atoms with Crippen molar-refractivity contribution in [3.63, 3.8) is 0 Å². The summed E-state index contributed by atoms with van der Waals surface area (Å²) in [6, 6.07) is 3.09. The third-order valence-electron chi connectivity index (χ3n) is 2.93. The van der Waals surface area contributed by atoms with Crippen LogP contribution >= 0.6 is 0 Å². The number of aromatic nitrogens is 2. The Labute approximate surface area is 116 Å². The number of nitrogens with zero attached hydrogens (tertiary/aromatic N) is 2. The lowest BCUT2D eigenvalue weighted by Gasteiger charge is -2.05. The number of carboxylic acid groups (broad SMARTS) is 1. The predicted octanol–water partition coefficient (Wildman–Crippen LogP) is 2.02. The van der Waals surface area contributed by atoms with Gasteiger partial charge < -0.3 is 14.2 Å². The second-order valence-corrected chi connectivity index (χ2v) is 4.94. The highest BCUT2D eigenvalue weighted by Crippen LogP contribution is 2.18. The Morgan fingerprint density at radius 1 is 1.45 bits per heavy atom. The molecule has 2 aromatic rings. The van der Waals surface area contributed by atoms with Crippen molar-refractivity contribution < 1.29 is 19.4 Å². The van der Waals surface area contributed by atoms with Crippen molar-refractivity contribution in [2.75, 3.05) is 7.11 Å². The van der Waals surface area contributed by atoms with Gasteiger partial charge in [0.25, 0.3) is 0 Å². The van der Waals surface area contributed by atoms with E-state index in [1.165, 1.54) is 13.2 Å². The lowest BCUT2D eigenvalue weighted by atomic mass is 10.1. The van der Waals surface area contributed by atoms with Gasteiger partial charge in [0.1, 0.15) is 5.82 Å². The zero-order valence-electron chi connectivity index (χ0n) is 11.6. The molecule has 2 heterocycles. The van der Waals surface area contributed by atoms with Gasteiger partial charge >= 0.3 is 11.9 Å². The van der Waals surface area contributed by atoms with E-state index in [0.29, 0.717) is 29.2 Å². The molecule has 0 radical (unpaired) electrons. The van der Waals surface area contributed by atoms with Gasteiger partial charge in [-0.25, -0.2) is 14.6 Å². The number of aromatic carboxylic acids is 1. The maximum Gasteiger partial charge on any atom is 0.356 e. The van der Waals surface area contributed by atoms with Crippen LogP contribution in [0.15, 0.2) is 18.3 Å². The highest BCUT2D eigenvalue weighted by Gasteiger charge is 2.19. The van der Waals surface area contributed by atoms with Crippen molar-refractivity contribution in [1.29, 1.82) is 0 Å². The smallest absolute Gasteiger partial charge is 0.356 e. The summed E-state index contributed by atoms with van der Waals surface area (Å²) in [5.74, 6) is -0.596. The Morgan fingerprint density at radius 3 is 2.70 bits per heavy atom. The Hall–Kier alpha value is -2.37. The predicted molar refractivity (Wildman–Crippen MR) is 72.0 cm³/mol. The van der Waals surface area contributed by atoms with Gasteiger partial charge in [0.2, 0.25) is 0 Å². The molecule has 0 unspecified atom stereocenters. The van der Waals surface area contributed by atoms with E-state index in [0.717, 1.165) is 0 Å². The molecule has 0 amide bonds. The number of ether oxygens (including phenoxy) is 1. The van der Waals surface area contributed by atoms with Crippen molar-refractivity contribution in [3.8, 4) is 0 Å². The fraction of sp³-hybridized carbons (Fsp3) is 0.357. The van der Waals surface area contributed by atoms with Crippen molar-refractivity contribution in [1.82, 2.24) is 9.38 Å². The Bertz CT molecular complexity index is 673. The van der Waals surface area contributed by atoms with Gasteiger partial charge in [-0.1, -0.05) is 13.8 Å². The van der Waals surface area contributed by atoms with Crippen LogP contribution in [0.2, 0.25) is 0 Å². The summed E-state index contributed by atoms with van der Waals surface area (Å²) >= 11 is 0. The number of pyridine rings is 1. The average Bonchev–Trinajstić information content (AvgIpc) is 2.75. The third-order valence-corrected chi connectivity index (χ3v) is 2.93. The number of imidazole rings is 1. The molecule has 0 aliphatic heterocycles. The van der Waals surface area contributed by atoms with Crippen LogP contribution in [0, 0.1) is 5.92 Å². The number of hydrogen-bond donors (Lipinski definition) is 1. The van der Waals surface area contributed by atoms with Crippen LogP contribution in [-0.4, -0.2) is 33.5 Å². The molecular weight excluding hydrogens is 260 g/mol. The van der Waals surface area contributed by atoms with Gasteiger partial charge in [0.05, 0.1) is 18.2 Å². The number of carboxylic acids is 1. The van der Waals surface area contributed by atoms with E-state index < -0.39 is 11.9 Å². The molecule has 6 heteroatoms. The molecule has 1 N–H and O–H groups in total. The number of methoxy groups -OCH3 is 1. The minimum Gasteiger partial charge on any atom is -0.476 e. The van der Waals surface area contributed by atoms with Crippen LogP contribution in [0.4, 0.5) is 0 Å². The maximum atomic E-state index is 11.5. The summed E-state index contributed by atoms with van der Waals surface area (Å²) in [5.41, 5.74) is 0.654. The topological polar surface area (TPSA) is 80.9 Å². The maximum absolute atomic E-state index is 11.5. The van der Waals surface area contributed by atoms with E-state index in [4.69, 9.17) is 0 Å². The molecule has 0 aromatic carbocycles. The van der Waals surface area contributed by atoms with Crippen molar-refractivity contribution in [2.24, 2.45) is 5.92 Å². The normalized spacial score (nSPS) is 11.0. The first kappa shape index (κ1) is 14.0. The molecule has 0 fully saturated rings. The molecule has 0 saturated heterocycles. The highest BCUT2D eigenvalue weighted by molar-refractivity contribution is 5.96. The molecule has 0 bridgehead atoms. The highest BCUT2D eigenvalue weighted by atomic mass is 16.5. The minimum absolute atomic E-state index is 0.0496. The minimum atomic E-state index is -1.11. The van der Waals surface area contributed by atoms with E-state index in [2.05, 4.69) is 9.72 Å². The van der Waals surface area contributed by atoms with Gasteiger partial charge in [0.15, 0.2) is 5.69 Å². The second kappa shape index (κ2) is 5.32. The van der Waals surface area contributed by atoms with Crippen LogP contribution in [-0.2, 0) is 11.2 Å². The molecule has 20 heavy (non-hydrogen) atoms. The van der Waals surface area contributed by atoms with E-state index in [1.54, 1.807) is 16.7 Å². The zero-order chi connectivity index (χ0) is 14.9. The fourth-order valence-corrected chi connectivity index (χ4v) is 2.06. The van der Waals surface area contributed by atoms with Crippen LogP contribution < -0.4 is 0 Å². The van der Waals surface area contributed by atoms with Crippen molar-refractivity contribution >= 4 is 17.5 Å². The Morgan fingerprint density at radius 2 is 2.15 bits per heavy atom. The number of esters is 1. The van der Waals surface area contributed by atoms with Gasteiger partial charge in [-0.3, -0.25) is 0 Å². The molecule has 0 saturated carbocycles. The fourth-order valence-electron chi connectivity index (χ4n) is 2.06. The first-order valence-corrected chi connectivity index (χ1v) is 6.26. The molecule has 6 nitrogen and oxygen atoms in total. The van der Waals surface area contributed by atoms with Crippen molar-refractivity contribution in [2.45, 2.75) is 20.3 Å². The summed E-state index contributed by atoms with van der Waals surface area (Å²) in [5, 5.41) is 9.22. The molecule has 106 valence electrons. The summed E-state index contributed by atoms with van der Waals surface area (Å²) in [4.78, 5) is 27.0. The summed E-state index contributed by atoms with van der Waals surface area (Å²) in [6.07, 6.45) is 2.31. The molecule has 0 aliphatic rings. The van der Waals surface area contributed by atoms with Crippen LogP contribution in [0.1, 0.15) is 40.5 Å². The zero-order valence-corrected chi connectivity index (χ0v) is 11.6. The van der Waals surface area contributed by atoms with Crippen LogP contribution in [0.3, 0.4) is 0 Å². The van der Waals surface area contributed by atoms with Gasteiger partial charge in [0, 0.05) is 12.6 Å². The van der Waals surface area contributed by atoms with Crippen LogP contribution in [0.5, 0.6) is 0 Å². The Balaban J connectivity index is 2.63. The number of fused-ring (bicyclic) bond motifs is 1. The van der Waals surface area contributed by atoms with E-state index >= 15 is 0 Å². The third kappa shape index (κ3) is 2.49. The van der Waals surface area contributed by atoms with Gasteiger partial charge in [-0.05, 0) is 18.1 Å². The molecule has 0 spiro atoms. The average molecular weight is 276 g/mol. The molecule has 0 atom stereocenters. The van der Waals surface area contributed by atoms with Gasteiger partial charge in [-0.2, -0.15) is 0 Å². The lowest BCUT2D eigenvalue weighted by molar-refractivity contribution is 0.0599. The monoisotopic (exact) mass is 276 g/mol. The SMILES string of the molecule is COC(=O)c1ccn2c(CC(C)C)nc(C(=O)O)c2c1. The standard InChI is InChI=1S/C14H16N2O4/c1-8(2)6-11-15-12(13(17)18)10-7-9(14(19)20-3)4-5-16(10)11/h4-5,7-8H,6H2,1-3H3,(H,17,18). The number of hydrogen-bond acceptors (Lipinski definition) is 4. The van der Waals surface area contributed by atoms with Crippen LogP contribution in [0.25, 0.3) is 5.52 Å². The number of rotatable bonds is 4. The molecule has 2 aromatic heterocycles. The first-order chi connectivity index (χ1) is 9.43. The summed E-state index contributed by atoms with van der Waals surface area (Å²) < 4.78 is 6.35. The Kier molecular flexibility index (Phi) is 3.74. The molecule has 0 aliphatic carbocycles. The summed E-state index contributed by atoms with van der Waals surface area (Å²) in [7, 11) is 1.28. The van der Waals surface area contributed by atoms with E-state index in [1.807, 2.05) is 13.8 Å². The van der Waals surface area contributed by atoms with Gasteiger partial charge in [-0.15, -0.1) is 0 Å². The largest absolute Gasteiger partial charge is 0.476 e. The van der Waals surface area contributed by atoms with Crippen molar-refractivity contribution in [3.05, 3.63) is 35.4 Å². The quantitative estimate of drug-likeness (QED) is 0.864. The second-order valence-electron chi connectivity index (χ2n) is 4.94. The molecule has 2 rings (SSSR count). The first-order valence-electron chi connectivity index (χ1n) is 6.26. The lowest BCUT2D eigenvalue weighted by Crippen LogP contribution is -2.04. The number of carbonyl (C=O) groups excluding carboxylic acids is 1. The summed E-state index contributed by atoms with van der Waals surface area (Å²) in [6.45, 7) is 4.06. The molecular formula is C14H16N2O4. The van der Waals surface area contributed by atoms with E-state index in [-0.39, 0.29) is 5.69 Å². The number of carbonyl (C=O) groups is 2. The van der Waals surface area contributed by atoms with E-state index in [9.17, 15) is 14.7 Å².